The van der Waals surface area contributed by atoms with Crippen molar-refractivity contribution in [2.75, 3.05) is 13.2 Å². The van der Waals surface area contributed by atoms with Crippen molar-refractivity contribution in [1.82, 2.24) is 4.90 Å². The van der Waals surface area contributed by atoms with Gasteiger partial charge < -0.3 is 14.8 Å². The van der Waals surface area contributed by atoms with E-state index in [2.05, 4.69) is 46.4 Å². The Bertz CT molecular complexity index is 382. The summed E-state index contributed by atoms with van der Waals surface area (Å²) in [6, 6.07) is 0. The first-order valence-corrected chi connectivity index (χ1v) is 7.57. The van der Waals surface area contributed by atoms with E-state index in [1.54, 1.807) is 6.20 Å². The van der Waals surface area contributed by atoms with Crippen LogP contribution in [0.1, 0.15) is 60.8 Å². The van der Waals surface area contributed by atoms with Gasteiger partial charge in [0.2, 0.25) is 0 Å². The predicted molar refractivity (Wildman–Crippen MR) is 79.4 cm³/mol. The molecule has 0 bridgehead atoms. The fourth-order valence-corrected chi connectivity index (χ4v) is 3.16. The Balaban J connectivity index is 2.84. The van der Waals surface area contributed by atoms with Crippen LogP contribution in [0, 0.1) is 5.41 Å². The highest BCUT2D eigenvalue weighted by atomic mass is 16.4. The molecule has 0 fully saturated rings. The van der Waals surface area contributed by atoms with Crippen LogP contribution in [0.5, 0.6) is 0 Å². The van der Waals surface area contributed by atoms with Crippen LogP contribution in [0.25, 0.3) is 0 Å². The normalized spacial score (nSPS) is 23.4. The smallest absolute Gasteiger partial charge is 0.263 e. The van der Waals surface area contributed by atoms with Gasteiger partial charge in [0.15, 0.2) is 6.67 Å². The SMILES string of the molecule is CCCC[N+]1(C(=O)[O-])C=CN(C(C)(C)CC(C)(C)C)C1. The minimum Gasteiger partial charge on any atom is -0.498 e. The van der Waals surface area contributed by atoms with Crippen molar-refractivity contribution < 1.29 is 14.4 Å². The van der Waals surface area contributed by atoms with Crippen LogP contribution in [0.2, 0.25) is 0 Å². The number of rotatable bonds is 5. The minimum absolute atomic E-state index is 0.0591. The van der Waals surface area contributed by atoms with Crippen molar-refractivity contribution in [2.24, 2.45) is 5.41 Å². The average molecular weight is 282 g/mol. The topological polar surface area (TPSA) is 43.4 Å². The number of hydrogen-bond acceptors (Lipinski definition) is 3. The number of unbranched alkanes of at least 4 members (excludes halogenated alkanes) is 1. The molecule has 1 amide bonds. The Labute approximate surface area is 123 Å². The quantitative estimate of drug-likeness (QED) is 0.728. The zero-order valence-corrected chi connectivity index (χ0v) is 13.9. The average Bonchev–Trinajstić information content (AvgIpc) is 2.69. The molecule has 0 aromatic rings. The molecule has 0 saturated heterocycles. The van der Waals surface area contributed by atoms with Crippen molar-refractivity contribution in [3.8, 4) is 0 Å². The van der Waals surface area contributed by atoms with E-state index in [4.69, 9.17) is 0 Å². The van der Waals surface area contributed by atoms with Gasteiger partial charge in [-0.05, 0) is 32.1 Å². The molecule has 0 saturated carbocycles. The minimum atomic E-state index is -0.997. The van der Waals surface area contributed by atoms with E-state index in [0.29, 0.717) is 13.2 Å². The molecule has 1 unspecified atom stereocenters. The zero-order valence-electron chi connectivity index (χ0n) is 13.9. The summed E-state index contributed by atoms with van der Waals surface area (Å²) in [6.07, 6.45) is 5.62. The number of nitrogens with zero attached hydrogens (tertiary/aromatic N) is 2. The van der Waals surface area contributed by atoms with Crippen molar-refractivity contribution in [1.29, 1.82) is 0 Å². The number of carbonyl (C=O) groups is 1. The summed E-state index contributed by atoms with van der Waals surface area (Å²) < 4.78 is -0.0680. The van der Waals surface area contributed by atoms with Gasteiger partial charge in [0.25, 0.3) is 6.09 Å². The first kappa shape index (κ1) is 17.0. The first-order chi connectivity index (χ1) is 9.02. The standard InChI is InChI=1S/C16H30N2O2/c1-7-8-10-18(14(19)20)11-9-17(13-18)16(5,6)12-15(2,3)4/h9,11H,7-8,10,12-13H2,1-6H3. The van der Waals surface area contributed by atoms with Crippen molar-refractivity contribution in [3.63, 3.8) is 0 Å². The number of amides is 1. The summed E-state index contributed by atoms with van der Waals surface area (Å²) in [5, 5.41) is 11.6. The second kappa shape index (κ2) is 5.76. The molecule has 1 aliphatic rings. The molecule has 0 spiro atoms. The third-order valence-corrected chi connectivity index (χ3v) is 3.95. The second-order valence-electron chi connectivity index (χ2n) is 7.84. The molecule has 4 heteroatoms. The third-order valence-electron chi connectivity index (χ3n) is 3.95. The lowest BCUT2D eigenvalue weighted by atomic mass is 9.81. The lowest BCUT2D eigenvalue weighted by Crippen LogP contribution is -2.58. The summed E-state index contributed by atoms with van der Waals surface area (Å²) in [5.74, 6) is 0. The van der Waals surface area contributed by atoms with Gasteiger partial charge in [-0.1, -0.05) is 34.1 Å². The van der Waals surface area contributed by atoms with E-state index in [0.717, 1.165) is 19.3 Å². The van der Waals surface area contributed by atoms with Crippen molar-refractivity contribution in [3.05, 3.63) is 12.4 Å². The summed E-state index contributed by atoms with van der Waals surface area (Å²) in [5.41, 5.74) is 0.150. The molecule has 1 aliphatic heterocycles. The molecule has 116 valence electrons. The van der Waals surface area contributed by atoms with Gasteiger partial charge in [0.05, 0.1) is 12.7 Å². The molecule has 1 atom stereocenters. The van der Waals surface area contributed by atoms with E-state index < -0.39 is 6.09 Å². The van der Waals surface area contributed by atoms with Crippen LogP contribution in [-0.4, -0.2) is 34.2 Å². The first-order valence-electron chi connectivity index (χ1n) is 7.57. The van der Waals surface area contributed by atoms with Crippen LogP contribution < -0.4 is 5.11 Å². The van der Waals surface area contributed by atoms with E-state index in [9.17, 15) is 9.90 Å². The van der Waals surface area contributed by atoms with E-state index >= 15 is 0 Å². The maximum absolute atomic E-state index is 11.6. The highest BCUT2D eigenvalue weighted by Gasteiger charge is 2.41. The van der Waals surface area contributed by atoms with E-state index in [1.165, 1.54) is 0 Å². The Morgan fingerprint density at radius 1 is 1.30 bits per heavy atom. The molecular weight excluding hydrogens is 252 g/mol. The third kappa shape index (κ3) is 3.98. The molecule has 0 aromatic carbocycles. The van der Waals surface area contributed by atoms with Crippen LogP contribution in [0.15, 0.2) is 12.4 Å². The fraction of sp³-hybridized carbons (Fsp3) is 0.812. The zero-order chi connectivity index (χ0) is 15.6. The molecule has 1 heterocycles. The number of quaternary nitrogens is 1. The second-order valence-corrected chi connectivity index (χ2v) is 7.84. The van der Waals surface area contributed by atoms with Gasteiger partial charge in [-0.3, -0.25) is 0 Å². The van der Waals surface area contributed by atoms with Crippen LogP contribution in [-0.2, 0) is 0 Å². The Morgan fingerprint density at radius 3 is 2.35 bits per heavy atom. The monoisotopic (exact) mass is 282 g/mol. The molecule has 0 radical (unpaired) electrons. The van der Waals surface area contributed by atoms with Crippen LogP contribution in [0.4, 0.5) is 4.79 Å². The number of hydrogen-bond donors (Lipinski definition) is 0. The highest BCUT2D eigenvalue weighted by molar-refractivity contribution is 5.55. The van der Waals surface area contributed by atoms with E-state index in [-0.39, 0.29) is 15.4 Å². The molecule has 4 nitrogen and oxygen atoms in total. The molecule has 20 heavy (non-hydrogen) atoms. The van der Waals surface area contributed by atoms with Crippen molar-refractivity contribution >= 4 is 6.09 Å². The fourth-order valence-electron chi connectivity index (χ4n) is 3.16. The Morgan fingerprint density at radius 2 is 1.90 bits per heavy atom. The van der Waals surface area contributed by atoms with Gasteiger partial charge >= 0.3 is 0 Å². The van der Waals surface area contributed by atoms with Gasteiger partial charge in [-0.2, -0.15) is 0 Å². The lowest BCUT2D eigenvalue weighted by molar-refractivity contribution is -0.831. The Kier molecular flexibility index (Phi) is 4.90. The molecule has 0 aromatic heterocycles. The van der Waals surface area contributed by atoms with Gasteiger partial charge in [0, 0.05) is 5.54 Å². The van der Waals surface area contributed by atoms with Crippen LogP contribution in [0.3, 0.4) is 0 Å². The highest BCUT2D eigenvalue weighted by Crippen LogP contribution is 2.34. The molecule has 1 rings (SSSR count). The van der Waals surface area contributed by atoms with Gasteiger partial charge in [0.1, 0.15) is 6.20 Å². The largest absolute Gasteiger partial charge is 0.498 e. The molecule has 0 aliphatic carbocycles. The van der Waals surface area contributed by atoms with Crippen molar-refractivity contribution in [2.45, 2.75) is 66.3 Å². The van der Waals surface area contributed by atoms with E-state index in [1.807, 2.05) is 6.20 Å². The Hall–Kier alpha value is -1.03. The van der Waals surface area contributed by atoms with Crippen LogP contribution >= 0.6 is 0 Å². The lowest BCUT2D eigenvalue weighted by Gasteiger charge is -2.41. The summed E-state index contributed by atoms with van der Waals surface area (Å²) >= 11 is 0. The summed E-state index contributed by atoms with van der Waals surface area (Å²) in [7, 11) is 0. The molecule has 0 N–H and O–H groups in total. The number of carbonyl (C=O) groups excluding carboxylic acids is 1. The van der Waals surface area contributed by atoms with Gasteiger partial charge in [-0.25, -0.2) is 4.48 Å². The van der Waals surface area contributed by atoms with Gasteiger partial charge in [-0.15, -0.1) is 0 Å². The maximum atomic E-state index is 11.6. The maximum Gasteiger partial charge on any atom is 0.263 e. The summed E-state index contributed by atoms with van der Waals surface area (Å²) in [6.45, 7) is 14.2. The molecular formula is C16H30N2O2. The predicted octanol–water partition coefficient (Wildman–Crippen LogP) is 2.91. The summed E-state index contributed by atoms with van der Waals surface area (Å²) in [4.78, 5) is 13.7. The number of carboxylic acid groups (broad SMARTS) is 1.